The van der Waals surface area contributed by atoms with Gasteiger partial charge in [-0.05, 0) is 38.2 Å². The lowest BCUT2D eigenvalue weighted by atomic mass is 10.0. The van der Waals surface area contributed by atoms with E-state index in [4.69, 9.17) is 5.73 Å². The van der Waals surface area contributed by atoms with Crippen LogP contribution >= 0.6 is 12.4 Å². The number of halogens is 2. The molecule has 0 radical (unpaired) electrons. The standard InChI is InChI=1S/C16H20FN5O2.ClH/c1-8(18)9-4-5-21(7-9)14-12(17)6-11-13(19-14)22(10-2-3-10)16(24)20-15(11)23;/h6,8-10H,2-5,7,18H2,1H3,(H,20,23,24);1H/t8-,9+;/m0./s1. The molecule has 0 aromatic carbocycles. The van der Waals surface area contributed by atoms with Crippen LogP contribution in [0.5, 0.6) is 0 Å². The van der Waals surface area contributed by atoms with Crippen LogP contribution in [0.3, 0.4) is 0 Å². The first-order valence-corrected chi connectivity index (χ1v) is 8.31. The number of nitrogens with two attached hydrogens (primary N) is 1. The van der Waals surface area contributed by atoms with Gasteiger partial charge in [-0.2, -0.15) is 0 Å². The maximum Gasteiger partial charge on any atom is 0.330 e. The van der Waals surface area contributed by atoms with E-state index < -0.39 is 17.1 Å². The van der Waals surface area contributed by atoms with Crippen LogP contribution in [0.25, 0.3) is 11.0 Å². The van der Waals surface area contributed by atoms with Gasteiger partial charge >= 0.3 is 5.69 Å². The fourth-order valence-electron chi connectivity index (χ4n) is 3.44. The second kappa shape index (κ2) is 6.42. The molecule has 0 amide bonds. The summed E-state index contributed by atoms with van der Waals surface area (Å²) < 4.78 is 16.0. The summed E-state index contributed by atoms with van der Waals surface area (Å²) in [5, 5.41) is 0.116. The summed E-state index contributed by atoms with van der Waals surface area (Å²) in [4.78, 5) is 32.6. The number of hydrogen-bond acceptors (Lipinski definition) is 5. The Morgan fingerprint density at radius 3 is 2.68 bits per heavy atom. The molecule has 7 nitrogen and oxygen atoms in total. The SMILES string of the molecule is C[C@H](N)[C@@H]1CCN(c2nc3c(cc2F)c(=O)[nH]c(=O)n3C2CC2)C1.Cl. The van der Waals surface area contributed by atoms with E-state index in [1.54, 1.807) is 0 Å². The number of nitrogens with zero attached hydrogens (tertiary/aromatic N) is 3. The van der Waals surface area contributed by atoms with Crippen molar-refractivity contribution in [3.05, 3.63) is 32.7 Å². The summed E-state index contributed by atoms with van der Waals surface area (Å²) in [6.07, 6.45) is 2.61. The summed E-state index contributed by atoms with van der Waals surface area (Å²) in [5.41, 5.74) is 5.14. The van der Waals surface area contributed by atoms with E-state index in [2.05, 4.69) is 9.97 Å². The van der Waals surface area contributed by atoms with Gasteiger partial charge in [0.1, 0.15) is 0 Å². The molecule has 9 heteroatoms. The van der Waals surface area contributed by atoms with E-state index in [1.165, 1.54) is 10.6 Å². The van der Waals surface area contributed by atoms with Crippen molar-refractivity contribution >= 4 is 29.3 Å². The van der Waals surface area contributed by atoms with Crippen molar-refractivity contribution in [3.63, 3.8) is 0 Å². The molecule has 1 saturated carbocycles. The minimum absolute atomic E-state index is 0. The van der Waals surface area contributed by atoms with E-state index in [-0.39, 0.29) is 47.3 Å². The zero-order chi connectivity index (χ0) is 17.0. The molecule has 2 fully saturated rings. The minimum atomic E-state index is -0.597. The minimum Gasteiger partial charge on any atom is -0.354 e. The van der Waals surface area contributed by atoms with Crippen LogP contribution in [0.4, 0.5) is 10.2 Å². The van der Waals surface area contributed by atoms with Gasteiger partial charge in [-0.15, -0.1) is 12.4 Å². The average molecular weight is 370 g/mol. The third-order valence-electron chi connectivity index (χ3n) is 5.03. The Bertz CT molecular complexity index is 921. The van der Waals surface area contributed by atoms with Gasteiger partial charge in [-0.1, -0.05) is 0 Å². The third-order valence-corrected chi connectivity index (χ3v) is 5.03. The lowest BCUT2D eigenvalue weighted by molar-refractivity contribution is 0.487. The second-order valence-electron chi connectivity index (χ2n) is 6.88. The number of aromatic nitrogens is 3. The Morgan fingerprint density at radius 2 is 2.08 bits per heavy atom. The number of fused-ring (bicyclic) bond motifs is 1. The second-order valence-corrected chi connectivity index (χ2v) is 6.88. The van der Waals surface area contributed by atoms with E-state index in [9.17, 15) is 14.0 Å². The van der Waals surface area contributed by atoms with Crippen molar-refractivity contribution in [3.8, 4) is 0 Å². The third kappa shape index (κ3) is 3.04. The molecule has 3 N–H and O–H groups in total. The molecular weight excluding hydrogens is 349 g/mol. The van der Waals surface area contributed by atoms with Gasteiger partial charge in [0, 0.05) is 25.2 Å². The molecule has 1 saturated heterocycles. The smallest absolute Gasteiger partial charge is 0.330 e. The Labute approximate surface area is 149 Å². The van der Waals surface area contributed by atoms with Crippen LogP contribution in [0, 0.1) is 11.7 Å². The van der Waals surface area contributed by atoms with Crippen LogP contribution < -0.4 is 21.9 Å². The van der Waals surface area contributed by atoms with E-state index in [0.29, 0.717) is 13.1 Å². The number of nitrogens with one attached hydrogen (secondary N) is 1. The van der Waals surface area contributed by atoms with Gasteiger partial charge in [0.05, 0.1) is 5.39 Å². The Hall–Kier alpha value is -1.93. The fraction of sp³-hybridized carbons (Fsp3) is 0.562. The lowest BCUT2D eigenvalue weighted by Gasteiger charge is -2.20. The van der Waals surface area contributed by atoms with Gasteiger partial charge in [-0.3, -0.25) is 14.3 Å². The molecule has 2 aromatic rings. The van der Waals surface area contributed by atoms with Gasteiger partial charge < -0.3 is 10.6 Å². The molecule has 3 heterocycles. The van der Waals surface area contributed by atoms with Crippen molar-refractivity contribution in [1.82, 2.24) is 14.5 Å². The van der Waals surface area contributed by atoms with E-state index >= 15 is 0 Å². The summed E-state index contributed by atoms with van der Waals surface area (Å²) in [6, 6.07) is 1.26. The molecule has 136 valence electrons. The molecule has 0 unspecified atom stereocenters. The molecule has 1 aliphatic carbocycles. The topological polar surface area (TPSA) is 97.0 Å². The molecular formula is C16H21ClFN5O2. The van der Waals surface area contributed by atoms with E-state index in [0.717, 1.165) is 19.3 Å². The van der Waals surface area contributed by atoms with Crippen LogP contribution in [-0.2, 0) is 0 Å². The summed E-state index contributed by atoms with van der Waals surface area (Å²) in [6.45, 7) is 3.24. The molecule has 1 aliphatic heterocycles. The summed E-state index contributed by atoms with van der Waals surface area (Å²) in [5.74, 6) is -0.0592. The average Bonchev–Trinajstić information content (AvgIpc) is 3.22. The lowest BCUT2D eigenvalue weighted by Crippen LogP contribution is -2.32. The molecule has 4 rings (SSSR count). The van der Waals surface area contributed by atoms with Gasteiger partial charge in [-0.25, -0.2) is 14.2 Å². The van der Waals surface area contributed by atoms with Crippen molar-refractivity contribution in [2.45, 2.75) is 38.3 Å². The highest BCUT2D eigenvalue weighted by molar-refractivity contribution is 5.85. The number of pyridine rings is 1. The maximum atomic E-state index is 14.6. The first kappa shape index (κ1) is 17.9. The monoisotopic (exact) mass is 369 g/mol. The van der Waals surface area contributed by atoms with E-state index in [1.807, 2.05) is 11.8 Å². The number of H-pyrrole nitrogens is 1. The molecule has 25 heavy (non-hydrogen) atoms. The highest BCUT2D eigenvalue weighted by atomic mass is 35.5. The number of anilines is 1. The Morgan fingerprint density at radius 1 is 1.36 bits per heavy atom. The number of aromatic amines is 1. The first-order chi connectivity index (χ1) is 11.5. The van der Waals surface area contributed by atoms with Gasteiger partial charge in [0.15, 0.2) is 17.3 Å². The van der Waals surface area contributed by atoms with Crippen LogP contribution in [-0.4, -0.2) is 33.7 Å². The fourth-order valence-corrected chi connectivity index (χ4v) is 3.44. The zero-order valence-electron chi connectivity index (χ0n) is 13.9. The number of hydrogen-bond donors (Lipinski definition) is 2. The van der Waals surface area contributed by atoms with Crippen LogP contribution in [0.1, 0.15) is 32.2 Å². The van der Waals surface area contributed by atoms with Gasteiger partial charge in [0.25, 0.3) is 5.56 Å². The van der Waals surface area contributed by atoms with Crippen LogP contribution in [0.2, 0.25) is 0 Å². The molecule has 0 spiro atoms. The Kier molecular flexibility index (Phi) is 4.59. The highest BCUT2D eigenvalue weighted by Gasteiger charge is 2.31. The molecule has 2 aromatic heterocycles. The zero-order valence-corrected chi connectivity index (χ0v) is 14.7. The summed E-state index contributed by atoms with van der Waals surface area (Å²) >= 11 is 0. The molecule has 0 bridgehead atoms. The van der Waals surface area contributed by atoms with Gasteiger partial charge in [0.2, 0.25) is 0 Å². The molecule has 2 atom stereocenters. The van der Waals surface area contributed by atoms with Crippen molar-refractivity contribution < 1.29 is 4.39 Å². The maximum absolute atomic E-state index is 14.6. The summed E-state index contributed by atoms with van der Waals surface area (Å²) in [7, 11) is 0. The quantitative estimate of drug-likeness (QED) is 0.846. The predicted octanol–water partition coefficient (Wildman–Crippen LogP) is 1.15. The highest BCUT2D eigenvalue weighted by Crippen LogP contribution is 2.35. The normalized spacial score (nSPS) is 21.4. The van der Waals surface area contributed by atoms with Crippen molar-refractivity contribution in [1.29, 1.82) is 0 Å². The van der Waals surface area contributed by atoms with Crippen molar-refractivity contribution in [2.24, 2.45) is 11.7 Å². The Balaban J connectivity index is 0.00000182. The predicted molar refractivity (Wildman–Crippen MR) is 96.1 cm³/mol. The molecule has 2 aliphatic rings. The first-order valence-electron chi connectivity index (χ1n) is 8.31. The number of rotatable bonds is 3. The van der Waals surface area contributed by atoms with Crippen LogP contribution in [0.15, 0.2) is 15.7 Å². The van der Waals surface area contributed by atoms with Crippen molar-refractivity contribution in [2.75, 3.05) is 18.0 Å². The largest absolute Gasteiger partial charge is 0.354 e.